The molecule has 1 aromatic carbocycles. The third kappa shape index (κ3) is 3.05. The predicted octanol–water partition coefficient (Wildman–Crippen LogP) is 3.29. The van der Waals surface area contributed by atoms with E-state index in [1.807, 2.05) is 17.0 Å². The van der Waals surface area contributed by atoms with Crippen molar-refractivity contribution in [2.24, 2.45) is 17.1 Å². The summed E-state index contributed by atoms with van der Waals surface area (Å²) in [5.74, 6) is 0.603. The summed E-state index contributed by atoms with van der Waals surface area (Å²) >= 11 is 12.1. The van der Waals surface area contributed by atoms with Crippen LogP contribution in [-0.2, 0) is 4.79 Å². The van der Waals surface area contributed by atoms with Gasteiger partial charge in [-0.15, -0.1) is 0 Å². The number of hydrogen-bond acceptors (Lipinski definition) is 2. The second-order valence-electron chi connectivity index (χ2n) is 6.68. The van der Waals surface area contributed by atoms with E-state index in [0.29, 0.717) is 16.6 Å². The van der Waals surface area contributed by atoms with E-state index in [2.05, 4.69) is 6.92 Å². The monoisotopic (exact) mass is 326 g/mol. The fraction of sp³-hybridized carbons (Fsp3) is 0.562. The van der Waals surface area contributed by atoms with Crippen LogP contribution in [0.2, 0.25) is 10.0 Å². The molecule has 3 atom stereocenters. The highest BCUT2D eigenvalue weighted by atomic mass is 35.5. The van der Waals surface area contributed by atoms with Crippen LogP contribution in [0, 0.1) is 11.3 Å². The molecule has 1 aliphatic heterocycles. The number of benzene rings is 1. The van der Waals surface area contributed by atoms with Gasteiger partial charge in [-0.2, -0.15) is 0 Å². The fourth-order valence-corrected chi connectivity index (χ4v) is 3.78. The van der Waals surface area contributed by atoms with Gasteiger partial charge in [-0.3, -0.25) is 4.79 Å². The molecule has 0 radical (unpaired) electrons. The van der Waals surface area contributed by atoms with Crippen LogP contribution in [0.4, 0.5) is 0 Å². The third-order valence-corrected chi connectivity index (χ3v) is 5.22. The second kappa shape index (κ2) is 5.45. The molecule has 0 spiro atoms. The largest absolute Gasteiger partial charge is 0.342 e. The van der Waals surface area contributed by atoms with Crippen LogP contribution in [0.15, 0.2) is 18.2 Å². The Labute approximate surface area is 135 Å². The molecule has 1 aliphatic carbocycles. The lowest BCUT2D eigenvalue weighted by Crippen LogP contribution is -2.35. The molecule has 1 heterocycles. The summed E-state index contributed by atoms with van der Waals surface area (Å²) in [4.78, 5) is 14.6. The lowest BCUT2D eigenvalue weighted by atomic mass is 9.90. The highest BCUT2D eigenvalue weighted by Gasteiger charge is 2.48. The van der Waals surface area contributed by atoms with E-state index < -0.39 is 0 Å². The first-order chi connectivity index (χ1) is 9.92. The van der Waals surface area contributed by atoms with Gasteiger partial charge >= 0.3 is 0 Å². The van der Waals surface area contributed by atoms with Crippen molar-refractivity contribution in [2.45, 2.75) is 25.7 Å². The molecule has 2 aliphatic rings. The van der Waals surface area contributed by atoms with Gasteiger partial charge in [0.25, 0.3) is 0 Å². The number of halogens is 2. The molecule has 2 fully saturated rings. The topological polar surface area (TPSA) is 46.3 Å². The molecule has 1 saturated carbocycles. The van der Waals surface area contributed by atoms with Gasteiger partial charge in [-0.1, -0.05) is 30.1 Å². The van der Waals surface area contributed by atoms with Crippen molar-refractivity contribution in [3.63, 3.8) is 0 Å². The Morgan fingerprint density at radius 2 is 2.05 bits per heavy atom. The Kier molecular flexibility index (Phi) is 3.93. The molecule has 0 bridgehead atoms. The van der Waals surface area contributed by atoms with Gasteiger partial charge in [0.1, 0.15) is 0 Å². The average molecular weight is 327 g/mol. The van der Waals surface area contributed by atoms with Gasteiger partial charge in [0.2, 0.25) is 5.91 Å². The second-order valence-corrected chi connectivity index (χ2v) is 7.55. The molecule has 3 unspecified atom stereocenters. The Morgan fingerprint density at radius 3 is 2.62 bits per heavy atom. The van der Waals surface area contributed by atoms with E-state index in [0.717, 1.165) is 31.5 Å². The van der Waals surface area contributed by atoms with E-state index in [1.165, 1.54) is 0 Å². The Morgan fingerprint density at radius 1 is 1.38 bits per heavy atom. The molecular weight excluding hydrogens is 307 g/mol. The van der Waals surface area contributed by atoms with Crippen LogP contribution >= 0.6 is 23.2 Å². The highest BCUT2D eigenvalue weighted by molar-refractivity contribution is 6.34. The summed E-state index contributed by atoms with van der Waals surface area (Å²) in [5.41, 5.74) is 6.96. The van der Waals surface area contributed by atoms with Crippen molar-refractivity contribution in [3.05, 3.63) is 33.8 Å². The molecule has 3 rings (SSSR count). The van der Waals surface area contributed by atoms with Gasteiger partial charge in [-0.05, 0) is 54.5 Å². The lowest BCUT2D eigenvalue weighted by molar-refractivity contribution is -0.132. The zero-order chi connectivity index (χ0) is 15.2. The average Bonchev–Trinajstić information content (AvgIpc) is 3.14. The maximum absolute atomic E-state index is 12.6. The number of rotatable bonds is 3. The number of amides is 1. The van der Waals surface area contributed by atoms with Crippen LogP contribution < -0.4 is 5.73 Å². The molecule has 1 aromatic rings. The van der Waals surface area contributed by atoms with E-state index in [4.69, 9.17) is 28.9 Å². The smallest absolute Gasteiger partial charge is 0.226 e. The van der Waals surface area contributed by atoms with Gasteiger partial charge in [0.05, 0.1) is 0 Å². The molecule has 1 amide bonds. The summed E-state index contributed by atoms with van der Waals surface area (Å²) in [7, 11) is 0. The zero-order valence-electron chi connectivity index (χ0n) is 12.1. The maximum atomic E-state index is 12.6. The Bertz CT molecular complexity index is 557. The molecule has 3 nitrogen and oxygen atoms in total. The minimum Gasteiger partial charge on any atom is -0.342 e. The van der Waals surface area contributed by atoms with Crippen molar-refractivity contribution >= 4 is 29.1 Å². The summed E-state index contributed by atoms with van der Waals surface area (Å²) in [6.45, 7) is 4.39. The van der Waals surface area contributed by atoms with Crippen LogP contribution in [-0.4, -0.2) is 30.4 Å². The summed E-state index contributed by atoms with van der Waals surface area (Å²) in [6, 6.07) is 5.55. The first kappa shape index (κ1) is 15.1. The number of nitrogens with two attached hydrogens (primary N) is 1. The minimum atomic E-state index is 0.0827. The van der Waals surface area contributed by atoms with Crippen molar-refractivity contribution in [1.82, 2.24) is 4.90 Å². The fourth-order valence-electron chi connectivity index (χ4n) is 3.24. The molecular formula is C16H20Cl2N2O. The normalized spacial score (nSPS) is 31.5. The quantitative estimate of drug-likeness (QED) is 0.926. The molecule has 0 aromatic heterocycles. The first-order valence-corrected chi connectivity index (χ1v) is 8.12. The van der Waals surface area contributed by atoms with E-state index in [-0.39, 0.29) is 23.2 Å². The van der Waals surface area contributed by atoms with Crippen LogP contribution in [0.3, 0.4) is 0 Å². The van der Waals surface area contributed by atoms with Crippen LogP contribution in [0.25, 0.3) is 0 Å². The summed E-state index contributed by atoms with van der Waals surface area (Å²) in [5, 5.41) is 1.26. The van der Waals surface area contributed by atoms with Crippen molar-refractivity contribution < 1.29 is 4.79 Å². The van der Waals surface area contributed by atoms with Crippen molar-refractivity contribution in [2.75, 3.05) is 19.6 Å². The van der Waals surface area contributed by atoms with E-state index >= 15 is 0 Å². The zero-order valence-corrected chi connectivity index (χ0v) is 13.6. The molecule has 5 heteroatoms. The molecule has 114 valence electrons. The first-order valence-electron chi connectivity index (χ1n) is 7.37. The molecule has 2 N–H and O–H groups in total. The Hall–Kier alpha value is -0.770. The number of carbonyl (C=O) groups is 1. The number of likely N-dealkylation sites (tertiary alicyclic amines) is 1. The van der Waals surface area contributed by atoms with E-state index in [1.54, 1.807) is 6.07 Å². The van der Waals surface area contributed by atoms with Crippen LogP contribution in [0.5, 0.6) is 0 Å². The van der Waals surface area contributed by atoms with Gasteiger partial charge in [0, 0.05) is 29.1 Å². The minimum absolute atomic E-state index is 0.0827. The number of carbonyl (C=O) groups excluding carboxylic acids is 1. The van der Waals surface area contributed by atoms with Crippen molar-refractivity contribution in [1.29, 1.82) is 0 Å². The van der Waals surface area contributed by atoms with Crippen molar-refractivity contribution in [3.8, 4) is 0 Å². The van der Waals surface area contributed by atoms with E-state index in [9.17, 15) is 4.79 Å². The van der Waals surface area contributed by atoms with Gasteiger partial charge in [0.15, 0.2) is 0 Å². The Balaban J connectivity index is 1.66. The molecule has 1 saturated heterocycles. The number of nitrogens with zero attached hydrogens (tertiary/aromatic N) is 1. The maximum Gasteiger partial charge on any atom is 0.226 e. The van der Waals surface area contributed by atoms with Gasteiger partial charge in [-0.25, -0.2) is 0 Å². The SMILES string of the molecule is CC1(CN)CCN(C(=O)C2CC2c2cc(Cl)cc(Cl)c2)C1. The van der Waals surface area contributed by atoms with Gasteiger partial charge < -0.3 is 10.6 Å². The summed E-state index contributed by atoms with van der Waals surface area (Å²) in [6.07, 6.45) is 1.89. The molecule has 21 heavy (non-hydrogen) atoms. The number of hydrogen-bond donors (Lipinski definition) is 1. The lowest BCUT2D eigenvalue weighted by Gasteiger charge is -2.22. The van der Waals surface area contributed by atoms with Crippen LogP contribution in [0.1, 0.15) is 31.2 Å². The highest BCUT2D eigenvalue weighted by Crippen LogP contribution is 2.50. The third-order valence-electron chi connectivity index (χ3n) is 4.78. The predicted molar refractivity (Wildman–Crippen MR) is 85.7 cm³/mol. The standard InChI is InChI=1S/C16H20Cl2N2O/c1-16(8-19)2-3-20(9-16)15(21)14-7-13(14)10-4-11(17)6-12(18)5-10/h4-6,13-14H,2-3,7-9,19H2,1H3. The summed E-state index contributed by atoms with van der Waals surface area (Å²) < 4.78 is 0.